The van der Waals surface area contributed by atoms with E-state index >= 15 is 0 Å². The summed E-state index contributed by atoms with van der Waals surface area (Å²) in [6, 6.07) is 8.65. The molecule has 0 N–H and O–H groups in total. The summed E-state index contributed by atoms with van der Waals surface area (Å²) in [5.41, 5.74) is 4.07. The molecule has 1 atom stereocenters. The summed E-state index contributed by atoms with van der Waals surface area (Å²) < 4.78 is 13.1. The number of rotatable bonds is 7. The molecule has 5 nitrogen and oxygen atoms in total. The average molecular weight is 341 g/mol. The van der Waals surface area contributed by atoms with Crippen LogP contribution in [0.4, 0.5) is 0 Å². The molecule has 2 heterocycles. The average Bonchev–Trinajstić information content (AvgIpc) is 3.36. The Morgan fingerprint density at radius 3 is 2.64 bits per heavy atom. The molecule has 1 aliphatic carbocycles. The van der Waals surface area contributed by atoms with Crippen LogP contribution in [-0.2, 0) is 24.2 Å². The molecule has 1 aromatic heterocycles. The summed E-state index contributed by atoms with van der Waals surface area (Å²) in [5, 5.41) is 4.69. The monoisotopic (exact) mass is 341 g/mol. The molecule has 2 aromatic rings. The third-order valence-electron chi connectivity index (χ3n) is 5.38. The van der Waals surface area contributed by atoms with Crippen LogP contribution in [0.15, 0.2) is 30.5 Å². The molecule has 1 aliphatic heterocycles. The third kappa shape index (κ3) is 3.58. The summed E-state index contributed by atoms with van der Waals surface area (Å²) in [6.45, 7) is 3.74. The van der Waals surface area contributed by atoms with E-state index in [0.717, 1.165) is 37.7 Å². The van der Waals surface area contributed by atoms with Crippen molar-refractivity contribution in [3.63, 3.8) is 0 Å². The Balaban J connectivity index is 1.56. The topological polar surface area (TPSA) is 39.5 Å². The predicted molar refractivity (Wildman–Crippen MR) is 96.7 cm³/mol. The first kappa shape index (κ1) is 16.6. The quantitative estimate of drug-likeness (QED) is 0.776. The van der Waals surface area contributed by atoms with Crippen LogP contribution in [0.5, 0.6) is 5.75 Å². The largest absolute Gasteiger partial charge is 0.497 e. The van der Waals surface area contributed by atoms with Gasteiger partial charge in [0.15, 0.2) is 0 Å². The highest BCUT2D eigenvalue weighted by molar-refractivity contribution is 5.29. The number of fused-ring (bicyclic) bond motifs is 1. The van der Waals surface area contributed by atoms with Crippen molar-refractivity contribution in [2.24, 2.45) is 5.92 Å². The maximum atomic E-state index is 5.58. The van der Waals surface area contributed by atoms with Crippen molar-refractivity contribution < 1.29 is 9.47 Å². The number of hydrogen-bond acceptors (Lipinski definition) is 4. The molecule has 0 unspecified atom stereocenters. The maximum absolute atomic E-state index is 5.58. The molecule has 1 saturated carbocycles. The van der Waals surface area contributed by atoms with Crippen LogP contribution in [0.3, 0.4) is 0 Å². The van der Waals surface area contributed by atoms with Gasteiger partial charge in [-0.2, -0.15) is 5.10 Å². The fourth-order valence-electron chi connectivity index (χ4n) is 3.79. The van der Waals surface area contributed by atoms with E-state index < -0.39 is 0 Å². The number of aromatic nitrogens is 2. The smallest absolute Gasteiger partial charge is 0.118 e. The Labute approximate surface area is 149 Å². The van der Waals surface area contributed by atoms with E-state index in [4.69, 9.17) is 14.6 Å². The lowest BCUT2D eigenvalue weighted by Gasteiger charge is -2.36. The minimum Gasteiger partial charge on any atom is -0.497 e. The summed E-state index contributed by atoms with van der Waals surface area (Å²) >= 11 is 0. The second-order valence-corrected chi connectivity index (χ2v) is 7.22. The van der Waals surface area contributed by atoms with Crippen molar-refractivity contribution >= 4 is 0 Å². The fourth-order valence-corrected chi connectivity index (χ4v) is 3.79. The van der Waals surface area contributed by atoms with E-state index in [1.807, 2.05) is 12.1 Å². The van der Waals surface area contributed by atoms with Crippen LogP contribution in [0.25, 0.3) is 0 Å². The molecule has 0 bridgehead atoms. The lowest BCUT2D eigenvalue weighted by Crippen LogP contribution is -2.38. The van der Waals surface area contributed by atoms with Crippen LogP contribution in [0.1, 0.15) is 35.7 Å². The first-order chi connectivity index (χ1) is 12.3. The van der Waals surface area contributed by atoms with Gasteiger partial charge in [0, 0.05) is 26.7 Å². The zero-order valence-corrected chi connectivity index (χ0v) is 15.1. The van der Waals surface area contributed by atoms with E-state index in [1.165, 1.54) is 29.7 Å². The van der Waals surface area contributed by atoms with Gasteiger partial charge in [0.2, 0.25) is 0 Å². The van der Waals surface area contributed by atoms with Crippen molar-refractivity contribution in [1.29, 1.82) is 0 Å². The fraction of sp³-hybridized carbons (Fsp3) is 0.550. The lowest BCUT2D eigenvalue weighted by atomic mass is 9.99. The number of ether oxygens (including phenoxy) is 2. The zero-order chi connectivity index (χ0) is 17.2. The number of nitrogens with zero attached hydrogens (tertiary/aromatic N) is 3. The van der Waals surface area contributed by atoms with Gasteiger partial charge in [0.25, 0.3) is 0 Å². The van der Waals surface area contributed by atoms with Crippen LogP contribution < -0.4 is 4.74 Å². The molecular formula is C20H27N3O2. The Kier molecular flexibility index (Phi) is 4.77. The molecule has 0 spiro atoms. The van der Waals surface area contributed by atoms with Gasteiger partial charge in [-0.15, -0.1) is 0 Å². The molecular weight excluding hydrogens is 314 g/mol. The molecule has 0 radical (unpaired) electrons. The Bertz CT molecular complexity index is 706. The van der Waals surface area contributed by atoms with Gasteiger partial charge in [0.05, 0.1) is 31.6 Å². The normalized spacial score (nSPS) is 20.5. The van der Waals surface area contributed by atoms with Gasteiger partial charge >= 0.3 is 0 Å². The standard InChI is InChI=1S/C20H27N3O2/c1-24-14-19-20-17(11-21-23(20)13-16-3-4-16)9-10-22(19)12-15-5-7-18(25-2)8-6-15/h5-8,11,16,19H,3-4,9-10,12-14H2,1-2H3/t19-/m0/s1. The van der Waals surface area contributed by atoms with E-state index in [1.54, 1.807) is 14.2 Å². The molecule has 25 heavy (non-hydrogen) atoms. The number of benzene rings is 1. The van der Waals surface area contributed by atoms with Gasteiger partial charge in [0.1, 0.15) is 5.75 Å². The van der Waals surface area contributed by atoms with Gasteiger partial charge in [-0.05, 0) is 48.4 Å². The lowest BCUT2D eigenvalue weighted by molar-refractivity contribution is 0.0725. The maximum Gasteiger partial charge on any atom is 0.118 e. The van der Waals surface area contributed by atoms with Gasteiger partial charge in [-0.1, -0.05) is 12.1 Å². The van der Waals surface area contributed by atoms with Crippen molar-refractivity contribution in [3.05, 3.63) is 47.3 Å². The van der Waals surface area contributed by atoms with Crippen molar-refractivity contribution in [2.45, 2.75) is 38.4 Å². The minimum atomic E-state index is 0.275. The minimum absolute atomic E-state index is 0.275. The summed E-state index contributed by atoms with van der Waals surface area (Å²) in [6.07, 6.45) is 5.83. The van der Waals surface area contributed by atoms with E-state index in [-0.39, 0.29) is 6.04 Å². The number of hydrogen-bond donors (Lipinski definition) is 0. The summed E-state index contributed by atoms with van der Waals surface area (Å²) in [7, 11) is 3.50. The first-order valence-electron chi connectivity index (χ1n) is 9.19. The van der Waals surface area contributed by atoms with Crippen molar-refractivity contribution in [1.82, 2.24) is 14.7 Å². The highest BCUT2D eigenvalue weighted by Gasteiger charge is 2.33. The predicted octanol–water partition coefficient (Wildman–Crippen LogP) is 3.05. The Hall–Kier alpha value is -1.85. The molecule has 0 saturated heterocycles. The highest BCUT2D eigenvalue weighted by atomic mass is 16.5. The SMILES string of the molecule is COC[C@H]1c2c(cnn2CC2CC2)CCN1Cc1ccc(OC)cc1. The molecule has 2 aliphatic rings. The van der Waals surface area contributed by atoms with Gasteiger partial charge in [-0.25, -0.2) is 0 Å². The number of methoxy groups -OCH3 is 2. The molecule has 5 heteroatoms. The second-order valence-electron chi connectivity index (χ2n) is 7.22. The molecule has 134 valence electrons. The van der Waals surface area contributed by atoms with Crippen LogP contribution in [0.2, 0.25) is 0 Å². The van der Waals surface area contributed by atoms with Crippen molar-refractivity contribution in [2.75, 3.05) is 27.4 Å². The highest BCUT2D eigenvalue weighted by Crippen LogP contribution is 2.35. The van der Waals surface area contributed by atoms with Crippen LogP contribution in [0, 0.1) is 5.92 Å². The zero-order valence-electron chi connectivity index (χ0n) is 15.1. The van der Waals surface area contributed by atoms with Gasteiger partial charge < -0.3 is 9.47 Å². The molecule has 1 fully saturated rings. The Morgan fingerprint density at radius 1 is 1.16 bits per heavy atom. The second kappa shape index (κ2) is 7.18. The molecule has 1 aromatic carbocycles. The summed E-state index contributed by atoms with van der Waals surface area (Å²) in [4.78, 5) is 2.53. The van der Waals surface area contributed by atoms with Crippen molar-refractivity contribution in [3.8, 4) is 5.75 Å². The van der Waals surface area contributed by atoms with Gasteiger partial charge in [-0.3, -0.25) is 9.58 Å². The molecule has 0 amide bonds. The first-order valence-corrected chi connectivity index (χ1v) is 9.19. The van der Waals surface area contributed by atoms with Crippen LogP contribution in [-0.4, -0.2) is 42.1 Å². The molecule has 4 rings (SSSR count). The van der Waals surface area contributed by atoms with E-state index in [9.17, 15) is 0 Å². The van der Waals surface area contributed by atoms with Crippen LogP contribution >= 0.6 is 0 Å². The third-order valence-corrected chi connectivity index (χ3v) is 5.38. The van der Waals surface area contributed by atoms with E-state index in [0.29, 0.717) is 6.61 Å². The summed E-state index contributed by atoms with van der Waals surface area (Å²) in [5.74, 6) is 1.73. The Morgan fingerprint density at radius 2 is 1.96 bits per heavy atom. The van der Waals surface area contributed by atoms with E-state index in [2.05, 4.69) is 27.9 Å².